The zero-order valence-corrected chi connectivity index (χ0v) is 15.8. The van der Waals surface area contributed by atoms with E-state index in [-0.39, 0.29) is 17.3 Å². The van der Waals surface area contributed by atoms with Gasteiger partial charge in [-0.25, -0.2) is 9.97 Å². The van der Waals surface area contributed by atoms with Crippen molar-refractivity contribution in [1.29, 1.82) is 0 Å². The summed E-state index contributed by atoms with van der Waals surface area (Å²) < 4.78 is 0. The predicted molar refractivity (Wildman–Crippen MR) is 108 cm³/mol. The number of halogens is 2. The van der Waals surface area contributed by atoms with E-state index < -0.39 is 4.92 Å². The lowest BCUT2D eigenvalue weighted by Gasteiger charge is -2.11. The van der Waals surface area contributed by atoms with Crippen LogP contribution >= 0.6 is 23.2 Å². The van der Waals surface area contributed by atoms with Crippen LogP contribution in [0.4, 0.5) is 28.7 Å². The first-order valence-electron chi connectivity index (χ1n) is 8.04. The van der Waals surface area contributed by atoms with Gasteiger partial charge in [-0.15, -0.1) is 0 Å². The topological polar surface area (TPSA) is 93.0 Å². The van der Waals surface area contributed by atoms with Crippen molar-refractivity contribution in [2.75, 3.05) is 10.6 Å². The summed E-state index contributed by atoms with van der Waals surface area (Å²) in [6, 6.07) is 12.3. The maximum absolute atomic E-state index is 11.7. The van der Waals surface area contributed by atoms with Gasteiger partial charge in [-0.1, -0.05) is 42.3 Å². The van der Waals surface area contributed by atoms with Crippen LogP contribution in [0, 0.1) is 10.1 Å². The van der Waals surface area contributed by atoms with Crippen LogP contribution in [0.15, 0.2) is 48.8 Å². The first-order chi connectivity index (χ1) is 13.0. The maximum Gasteiger partial charge on any atom is 0.353 e. The number of hydrogen-bond donors (Lipinski definition) is 2. The van der Waals surface area contributed by atoms with Gasteiger partial charge in [-0.05, 0) is 42.3 Å². The molecule has 0 atom stereocenters. The van der Waals surface area contributed by atoms with E-state index in [4.69, 9.17) is 23.2 Å². The Labute approximate surface area is 165 Å². The van der Waals surface area contributed by atoms with E-state index >= 15 is 0 Å². The van der Waals surface area contributed by atoms with Gasteiger partial charge >= 0.3 is 5.69 Å². The lowest BCUT2D eigenvalue weighted by atomic mass is 10.1. The second-order valence-electron chi connectivity index (χ2n) is 5.64. The normalized spacial score (nSPS) is 10.5. The van der Waals surface area contributed by atoms with E-state index in [0.717, 1.165) is 12.0 Å². The molecule has 0 aliphatic carbocycles. The van der Waals surface area contributed by atoms with Gasteiger partial charge in [-0.2, -0.15) is 0 Å². The Morgan fingerprint density at radius 3 is 2.04 bits per heavy atom. The van der Waals surface area contributed by atoms with Crippen molar-refractivity contribution in [3.8, 4) is 0 Å². The monoisotopic (exact) mass is 403 g/mol. The van der Waals surface area contributed by atoms with Crippen molar-refractivity contribution in [3.05, 3.63) is 74.5 Å². The van der Waals surface area contributed by atoms with Gasteiger partial charge in [0.15, 0.2) is 0 Å². The van der Waals surface area contributed by atoms with E-state index in [9.17, 15) is 10.1 Å². The first kappa shape index (κ1) is 18.9. The number of aromatic nitrogens is 2. The van der Waals surface area contributed by atoms with E-state index in [1.807, 2.05) is 24.3 Å². The molecule has 1 aromatic heterocycles. The summed E-state index contributed by atoms with van der Waals surface area (Å²) in [7, 11) is 0. The molecule has 0 aliphatic heterocycles. The summed E-state index contributed by atoms with van der Waals surface area (Å²) in [4.78, 5) is 19.1. The zero-order chi connectivity index (χ0) is 19.4. The van der Waals surface area contributed by atoms with Gasteiger partial charge in [0.1, 0.15) is 6.33 Å². The molecular formula is C18H15Cl2N5O2. The molecule has 2 aromatic carbocycles. The van der Waals surface area contributed by atoms with Crippen LogP contribution in [0.1, 0.15) is 12.5 Å². The molecule has 0 saturated heterocycles. The van der Waals surface area contributed by atoms with Crippen LogP contribution < -0.4 is 10.6 Å². The van der Waals surface area contributed by atoms with Gasteiger partial charge in [0.2, 0.25) is 11.6 Å². The lowest BCUT2D eigenvalue weighted by Crippen LogP contribution is -2.05. The second-order valence-corrected chi connectivity index (χ2v) is 6.51. The van der Waals surface area contributed by atoms with Crippen LogP contribution in [-0.2, 0) is 6.42 Å². The van der Waals surface area contributed by atoms with Crippen molar-refractivity contribution in [2.24, 2.45) is 0 Å². The Hall–Kier alpha value is -2.90. The van der Waals surface area contributed by atoms with Crippen LogP contribution in [0.2, 0.25) is 10.0 Å². The average molecular weight is 404 g/mol. The maximum atomic E-state index is 11.7. The van der Waals surface area contributed by atoms with E-state index in [0.29, 0.717) is 21.4 Å². The minimum absolute atomic E-state index is 0.0287. The Balaban J connectivity index is 1.95. The highest BCUT2D eigenvalue weighted by atomic mass is 35.5. The molecule has 0 unspecified atom stereocenters. The fourth-order valence-electron chi connectivity index (χ4n) is 2.46. The second kappa shape index (κ2) is 8.20. The van der Waals surface area contributed by atoms with Crippen molar-refractivity contribution >= 4 is 51.9 Å². The zero-order valence-electron chi connectivity index (χ0n) is 14.2. The first-order valence-corrected chi connectivity index (χ1v) is 8.80. The number of nitro groups is 1. The molecule has 7 nitrogen and oxygen atoms in total. The summed E-state index contributed by atoms with van der Waals surface area (Å²) in [5.74, 6) is 0.107. The van der Waals surface area contributed by atoms with Crippen molar-refractivity contribution in [2.45, 2.75) is 13.3 Å². The fourth-order valence-corrected chi connectivity index (χ4v) is 2.98. The molecule has 27 heavy (non-hydrogen) atoms. The number of benzene rings is 2. The van der Waals surface area contributed by atoms with E-state index in [1.54, 1.807) is 18.2 Å². The van der Waals surface area contributed by atoms with Gasteiger partial charge in [-0.3, -0.25) is 10.1 Å². The molecule has 0 amide bonds. The number of aryl methyl sites for hydroxylation is 1. The molecule has 0 aliphatic rings. The molecule has 1 heterocycles. The van der Waals surface area contributed by atoms with Crippen LogP contribution in [0.3, 0.4) is 0 Å². The predicted octanol–water partition coefficient (Wildman–Crippen LogP) is 5.74. The molecule has 3 aromatic rings. The third-order valence-electron chi connectivity index (χ3n) is 3.76. The molecule has 3 rings (SSSR count). The molecule has 0 spiro atoms. The van der Waals surface area contributed by atoms with Crippen molar-refractivity contribution in [1.82, 2.24) is 9.97 Å². The molecule has 0 fully saturated rings. The molecule has 0 bridgehead atoms. The van der Waals surface area contributed by atoms with Gasteiger partial charge in [0.05, 0.1) is 4.92 Å². The molecular weight excluding hydrogens is 389 g/mol. The smallest absolute Gasteiger partial charge is 0.334 e. The molecule has 0 radical (unpaired) electrons. The quantitative estimate of drug-likeness (QED) is 0.402. The van der Waals surface area contributed by atoms with Crippen LogP contribution in [0.25, 0.3) is 0 Å². The molecule has 138 valence electrons. The SMILES string of the molecule is CCc1ccc(Nc2ncnc(Nc3cc(Cl)cc(Cl)c3)c2[N+](=O)[O-])cc1. The summed E-state index contributed by atoms with van der Waals surface area (Å²) in [6.45, 7) is 2.05. The highest BCUT2D eigenvalue weighted by Gasteiger charge is 2.23. The van der Waals surface area contributed by atoms with Gasteiger partial charge in [0.25, 0.3) is 0 Å². The third-order valence-corrected chi connectivity index (χ3v) is 4.19. The number of nitrogens with zero attached hydrogens (tertiary/aromatic N) is 3. The Morgan fingerprint density at radius 2 is 1.52 bits per heavy atom. The highest BCUT2D eigenvalue weighted by molar-refractivity contribution is 6.35. The fraction of sp³-hybridized carbons (Fsp3) is 0.111. The van der Waals surface area contributed by atoms with E-state index in [2.05, 4.69) is 27.5 Å². The number of rotatable bonds is 6. The largest absolute Gasteiger partial charge is 0.353 e. The summed E-state index contributed by atoms with van der Waals surface area (Å²) in [5.41, 5.74) is 2.05. The Kier molecular flexibility index (Phi) is 5.73. The Morgan fingerprint density at radius 1 is 0.963 bits per heavy atom. The summed E-state index contributed by atoms with van der Waals surface area (Å²) in [5, 5.41) is 18.3. The third kappa shape index (κ3) is 4.64. The average Bonchev–Trinajstić information content (AvgIpc) is 2.61. The van der Waals surface area contributed by atoms with Gasteiger partial charge < -0.3 is 10.6 Å². The van der Waals surface area contributed by atoms with E-state index in [1.165, 1.54) is 6.33 Å². The highest BCUT2D eigenvalue weighted by Crippen LogP contribution is 2.34. The minimum atomic E-state index is -0.544. The van der Waals surface area contributed by atoms with Gasteiger partial charge in [0, 0.05) is 21.4 Å². The molecule has 2 N–H and O–H groups in total. The standard InChI is InChI=1S/C18H15Cl2N5O2/c1-2-11-3-5-14(6-4-11)23-17-16(25(26)27)18(22-10-21-17)24-15-8-12(19)7-13(20)9-15/h3-10H,2H2,1H3,(H2,21,22,23,24). The number of hydrogen-bond acceptors (Lipinski definition) is 6. The minimum Gasteiger partial charge on any atom is -0.334 e. The Bertz CT molecular complexity index is 960. The molecule has 0 saturated carbocycles. The van der Waals surface area contributed by atoms with Crippen molar-refractivity contribution in [3.63, 3.8) is 0 Å². The summed E-state index contributed by atoms with van der Waals surface area (Å²) >= 11 is 12.0. The number of nitrogens with one attached hydrogen (secondary N) is 2. The molecule has 9 heteroatoms. The summed E-state index contributed by atoms with van der Waals surface area (Å²) in [6.07, 6.45) is 2.15. The lowest BCUT2D eigenvalue weighted by molar-refractivity contribution is -0.383. The number of anilines is 4. The van der Waals surface area contributed by atoms with Crippen molar-refractivity contribution < 1.29 is 4.92 Å². The van der Waals surface area contributed by atoms with Crippen LogP contribution in [-0.4, -0.2) is 14.9 Å². The van der Waals surface area contributed by atoms with Crippen LogP contribution in [0.5, 0.6) is 0 Å².